The lowest BCUT2D eigenvalue weighted by Gasteiger charge is -2.26. The SMILES string of the molecule is Cc1ccc(N2C(=O)c3oc4cc(C)c(C)cc4c(=O)c3C2c2cccc(OCCC(C)C)c2)cc1C. The van der Waals surface area contributed by atoms with Crippen LogP contribution in [0, 0.1) is 33.6 Å². The molecule has 0 bridgehead atoms. The number of hydrogen-bond acceptors (Lipinski definition) is 4. The zero-order chi connectivity index (χ0) is 26.4. The average molecular weight is 496 g/mol. The van der Waals surface area contributed by atoms with Gasteiger partial charge in [-0.15, -0.1) is 0 Å². The molecule has 5 heteroatoms. The minimum Gasteiger partial charge on any atom is -0.494 e. The Morgan fingerprint density at radius 1 is 0.892 bits per heavy atom. The molecule has 5 nitrogen and oxygen atoms in total. The molecular formula is C32H33NO4. The first-order valence-electron chi connectivity index (χ1n) is 12.9. The van der Waals surface area contributed by atoms with Crippen LogP contribution in [-0.4, -0.2) is 12.5 Å². The second kappa shape index (κ2) is 9.55. The average Bonchev–Trinajstić information content (AvgIpc) is 3.15. The number of anilines is 1. The largest absolute Gasteiger partial charge is 0.494 e. The van der Waals surface area contributed by atoms with Gasteiger partial charge >= 0.3 is 0 Å². The summed E-state index contributed by atoms with van der Waals surface area (Å²) in [6.45, 7) is 12.9. The molecule has 5 rings (SSSR count). The maximum Gasteiger partial charge on any atom is 0.295 e. The number of fused-ring (bicyclic) bond motifs is 2. The number of ether oxygens (including phenoxy) is 1. The first-order chi connectivity index (χ1) is 17.7. The molecule has 190 valence electrons. The normalized spacial score (nSPS) is 15.1. The maximum atomic E-state index is 14.0. The number of hydrogen-bond donors (Lipinski definition) is 0. The summed E-state index contributed by atoms with van der Waals surface area (Å²) < 4.78 is 12.2. The van der Waals surface area contributed by atoms with Crippen molar-refractivity contribution in [2.45, 2.75) is 54.0 Å². The number of amides is 1. The van der Waals surface area contributed by atoms with Gasteiger partial charge in [-0.25, -0.2) is 0 Å². The quantitative estimate of drug-likeness (QED) is 0.284. The standard InChI is InChI=1S/C32H33NO4/c1-18(2)12-13-36-25-9-7-8-23(17-25)29-28-30(34)26-15-21(5)22(6)16-27(26)37-31(28)32(35)33(29)24-11-10-19(3)20(4)14-24/h7-11,14-18,29H,12-13H2,1-6H3. The van der Waals surface area contributed by atoms with E-state index in [4.69, 9.17) is 9.15 Å². The van der Waals surface area contributed by atoms with E-state index in [0.717, 1.165) is 45.7 Å². The van der Waals surface area contributed by atoms with Crippen molar-refractivity contribution in [2.24, 2.45) is 5.92 Å². The lowest BCUT2D eigenvalue weighted by Crippen LogP contribution is -2.29. The topological polar surface area (TPSA) is 59.8 Å². The fourth-order valence-electron chi connectivity index (χ4n) is 4.87. The molecule has 2 heterocycles. The van der Waals surface area contributed by atoms with Crippen molar-refractivity contribution in [3.05, 3.63) is 104 Å². The molecule has 0 saturated carbocycles. The summed E-state index contributed by atoms with van der Waals surface area (Å²) in [6.07, 6.45) is 0.943. The Morgan fingerprint density at radius 3 is 2.35 bits per heavy atom. The lowest BCUT2D eigenvalue weighted by atomic mass is 9.97. The predicted octanol–water partition coefficient (Wildman–Crippen LogP) is 7.20. The smallest absolute Gasteiger partial charge is 0.295 e. The van der Waals surface area contributed by atoms with Gasteiger partial charge in [0.25, 0.3) is 5.91 Å². The molecule has 0 spiro atoms. The van der Waals surface area contributed by atoms with Crippen LogP contribution in [0.3, 0.4) is 0 Å². The molecule has 0 N–H and O–H groups in total. The monoisotopic (exact) mass is 495 g/mol. The van der Waals surface area contributed by atoms with E-state index in [2.05, 4.69) is 13.8 Å². The molecule has 1 aromatic heterocycles. The first-order valence-corrected chi connectivity index (χ1v) is 12.9. The van der Waals surface area contributed by atoms with Crippen LogP contribution in [0.25, 0.3) is 11.0 Å². The minimum absolute atomic E-state index is 0.107. The van der Waals surface area contributed by atoms with Gasteiger partial charge in [-0.2, -0.15) is 0 Å². The van der Waals surface area contributed by atoms with Crippen LogP contribution in [0.4, 0.5) is 5.69 Å². The minimum atomic E-state index is -0.625. The van der Waals surface area contributed by atoms with Crippen LogP contribution < -0.4 is 15.1 Å². The van der Waals surface area contributed by atoms with Crippen LogP contribution in [0.15, 0.2) is 63.8 Å². The summed E-state index contributed by atoms with van der Waals surface area (Å²) in [7, 11) is 0. The Bertz CT molecular complexity index is 1580. The molecule has 0 fully saturated rings. The van der Waals surface area contributed by atoms with Gasteiger partial charge in [0, 0.05) is 5.69 Å². The van der Waals surface area contributed by atoms with Gasteiger partial charge in [0.2, 0.25) is 5.76 Å². The van der Waals surface area contributed by atoms with E-state index >= 15 is 0 Å². The molecule has 1 amide bonds. The van der Waals surface area contributed by atoms with Crippen molar-refractivity contribution in [3.8, 4) is 5.75 Å². The van der Waals surface area contributed by atoms with Crippen LogP contribution in [0.5, 0.6) is 5.75 Å². The molecule has 3 aromatic carbocycles. The van der Waals surface area contributed by atoms with Crippen molar-refractivity contribution in [1.29, 1.82) is 0 Å². The number of rotatable bonds is 6. The molecule has 37 heavy (non-hydrogen) atoms. The van der Waals surface area contributed by atoms with E-state index < -0.39 is 6.04 Å². The highest BCUT2D eigenvalue weighted by Gasteiger charge is 2.44. The molecule has 0 aliphatic carbocycles. The van der Waals surface area contributed by atoms with Crippen molar-refractivity contribution < 1.29 is 13.9 Å². The number of aryl methyl sites for hydroxylation is 4. The predicted molar refractivity (Wildman–Crippen MR) is 148 cm³/mol. The Balaban J connectivity index is 1.71. The molecule has 4 aromatic rings. The molecule has 0 radical (unpaired) electrons. The second-order valence-corrected chi connectivity index (χ2v) is 10.6. The summed E-state index contributed by atoms with van der Waals surface area (Å²) in [5.74, 6) is 1.05. The summed E-state index contributed by atoms with van der Waals surface area (Å²) in [5.41, 5.74) is 6.40. The number of benzene rings is 3. The Morgan fingerprint density at radius 2 is 1.62 bits per heavy atom. The summed E-state index contributed by atoms with van der Waals surface area (Å²) in [4.78, 5) is 29.6. The lowest BCUT2D eigenvalue weighted by molar-refractivity contribution is 0.0971. The molecule has 1 aliphatic rings. The van der Waals surface area contributed by atoms with Crippen molar-refractivity contribution in [2.75, 3.05) is 11.5 Å². The zero-order valence-corrected chi connectivity index (χ0v) is 22.3. The first kappa shape index (κ1) is 24.8. The fraction of sp³-hybridized carbons (Fsp3) is 0.312. The van der Waals surface area contributed by atoms with Gasteiger partial charge in [-0.1, -0.05) is 32.0 Å². The molecule has 0 saturated heterocycles. The highest BCUT2D eigenvalue weighted by Crippen LogP contribution is 2.42. The molecule has 1 atom stereocenters. The third-order valence-corrected chi connectivity index (χ3v) is 7.39. The Kier molecular flexibility index (Phi) is 6.40. The second-order valence-electron chi connectivity index (χ2n) is 10.6. The van der Waals surface area contributed by atoms with Gasteiger partial charge in [0.15, 0.2) is 5.43 Å². The van der Waals surface area contributed by atoms with Crippen LogP contribution >= 0.6 is 0 Å². The van der Waals surface area contributed by atoms with Crippen LogP contribution in [0.2, 0.25) is 0 Å². The van der Waals surface area contributed by atoms with Crippen LogP contribution in [0.1, 0.15) is 70.2 Å². The number of nitrogens with zero attached hydrogens (tertiary/aromatic N) is 1. The number of carbonyl (C=O) groups excluding carboxylic acids is 1. The third kappa shape index (κ3) is 4.43. The summed E-state index contributed by atoms with van der Waals surface area (Å²) in [5, 5.41) is 0.492. The van der Waals surface area contributed by atoms with Gasteiger partial charge < -0.3 is 9.15 Å². The van der Waals surface area contributed by atoms with Crippen molar-refractivity contribution in [3.63, 3.8) is 0 Å². The molecular weight excluding hydrogens is 462 g/mol. The van der Waals surface area contributed by atoms with Gasteiger partial charge in [-0.05, 0) is 104 Å². The number of carbonyl (C=O) groups is 1. The van der Waals surface area contributed by atoms with Gasteiger partial charge in [0.1, 0.15) is 11.3 Å². The molecule has 1 unspecified atom stereocenters. The van der Waals surface area contributed by atoms with Crippen molar-refractivity contribution >= 4 is 22.6 Å². The highest BCUT2D eigenvalue weighted by molar-refractivity contribution is 6.10. The van der Waals surface area contributed by atoms with Gasteiger partial charge in [0.05, 0.1) is 23.6 Å². The van der Waals surface area contributed by atoms with E-state index in [1.54, 1.807) is 4.90 Å². The fourth-order valence-corrected chi connectivity index (χ4v) is 4.87. The van der Waals surface area contributed by atoms with Crippen LogP contribution in [-0.2, 0) is 0 Å². The van der Waals surface area contributed by atoms with E-state index in [0.29, 0.717) is 29.1 Å². The summed E-state index contributed by atoms with van der Waals surface area (Å²) >= 11 is 0. The van der Waals surface area contributed by atoms with Crippen molar-refractivity contribution in [1.82, 2.24) is 0 Å². The zero-order valence-electron chi connectivity index (χ0n) is 22.3. The van der Waals surface area contributed by atoms with E-state index in [1.165, 1.54) is 0 Å². The Hall–Kier alpha value is -3.86. The van der Waals surface area contributed by atoms with E-state index in [9.17, 15) is 9.59 Å². The molecule has 1 aliphatic heterocycles. The third-order valence-electron chi connectivity index (χ3n) is 7.39. The van der Waals surface area contributed by atoms with E-state index in [1.807, 2.05) is 82.3 Å². The van der Waals surface area contributed by atoms with E-state index in [-0.39, 0.29) is 17.1 Å². The Labute approximate surface area is 217 Å². The van der Waals surface area contributed by atoms with Gasteiger partial charge in [-0.3, -0.25) is 14.5 Å². The summed E-state index contributed by atoms with van der Waals surface area (Å²) in [6, 6.07) is 16.7. The maximum absolute atomic E-state index is 14.0. The highest BCUT2D eigenvalue weighted by atomic mass is 16.5.